The molecule has 0 atom stereocenters. The summed E-state index contributed by atoms with van der Waals surface area (Å²) in [6.07, 6.45) is 4.20. The summed E-state index contributed by atoms with van der Waals surface area (Å²) in [7, 11) is 0. The summed E-state index contributed by atoms with van der Waals surface area (Å²) in [6, 6.07) is 0. The number of hydrogen-bond acceptors (Lipinski definition) is 2. The van der Waals surface area contributed by atoms with Crippen LogP contribution < -0.4 is 0 Å². The van der Waals surface area contributed by atoms with Crippen LogP contribution in [0.4, 0.5) is 8.78 Å². The van der Waals surface area contributed by atoms with Gasteiger partial charge >= 0.3 is 0 Å². The van der Waals surface area contributed by atoms with Crippen LogP contribution in [0.3, 0.4) is 0 Å². The van der Waals surface area contributed by atoms with Crippen LogP contribution in [0.1, 0.15) is 17.7 Å². The summed E-state index contributed by atoms with van der Waals surface area (Å²) in [5, 5.41) is 2.99. The minimum atomic E-state index is -2.72. The van der Waals surface area contributed by atoms with E-state index < -0.39 is 12.2 Å². The second kappa shape index (κ2) is 2.48. The van der Waals surface area contributed by atoms with Gasteiger partial charge in [0.1, 0.15) is 5.56 Å². The van der Waals surface area contributed by atoms with Crippen molar-refractivity contribution in [3.63, 3.8) is 0 Å². The molecule has 0 saturated heterocycles. The maximum Gasteiger partial charge on any atom is 0.299 e. The van der Waals surface area contributed by atoms with Crippen LogP contribution in [-0.4, -0.2) is 5.16 Å². The number of alkyl halides is 2. The smallest absolute Gasteiger partial charge is 0.299 e. The topological polar surface area (TPSA) is 26.0 Å². The number of rotatable bonds is 1. The van der Waals surface area contributed by atoms with E-state index >= 15 is 0 Å². The molecule has 0 aliphatic rings. The van der Waals surface area contributed by atoms with Gasteiger partial charge < -0.3 is 4.52 Å². The third kappa shape index (κ3) is 0.982. The second-order valence-electron chi connectivity index (χ2n) is 1.48. The lowest BCUT2D eigenvalue weighted by Gasteiger charge is -1.89. The van der Waals surface area contributed by atoms with Gasteiger partial charge in [-0.2, -0.15) is 0 Å². The summed E-state index contributed by atoms with van der Waals surface area (Å²) in [4.78, 5) is 0. The molecule has 51 valence electrons. The number of halogens is 2. The minimum Gasteiger partial charge on any atom is -0.353 e. The Labute approximate surface area is 55.8 Å². The van der Waals surface area contributed by atoms with Crippen molar-refractivity contribution in [3.05, 3.63) is 17.5 Å². The summed E-state index contributed by atoms with van der Waals surface area (Å²) >= 11 is 0. The molecule has 0 aliphatic heterocycles. The van der Waals surface area contributed by atoms with E-state index in [9.17, 15) is 8.78 Å². The minimum absolute atomic E-state index is 0.116. The molecule has 0 saturated carbocycles. The molecule has 1 heterocycles. The molecule has 0 fully saturated rings. The summed E-state index contributed by atoms with van der Waals surface area (Å²) in [5.74, 6) is 1.37. The lowest BCUT2D eigenvalue weighted by Crippen LogP contribution is -1.82. The molecular weight excluding hydrogens is 140 g/mol. The molecule has 0 N–H and O–H groups in total. The van der Waals surface area contributed by atoms with Gasteiger partial charge in [0.05, 0.1) is 0 Å². The third-order valence-electron chi connectivity index (χ3n) is 0.890. The molecule has 0 amide bonds. The van der Waals surface area contributed by atoms with Crippen molar-refractivity contribution in [1.82, 2.24) is 5.16 Å². The van der Waals surface area contributed by atoms with Crippen molar-refractivity contribution in [2.24, 2.45) is 0 Å². The van der Waals surface area contributed by atoms with Gasteiger partial charge in [0.15, 0.2) is 6.20 Å². The first-order valence-corrected chi connectivity index (χ1v) is 2.37. The number of aromatic nitrogens is 1. The Hall–Kier alpha value is -1.37. The Morgan fingerprint density at radius 1 is 1.70 bits per heavy atom. The van der Waals surface area contributed by atoms with E-state index in [1.807, 2.05) is 5.92 Å². The number of terminal acetylenes is 1. The molecule has 4 heteroatoms. The summed E-state index contributed by atoms with van der Waals surface area (Å²) in [6.45, 7) is 0. The first-order valence-electron chi connectivity index (χ1n) is 2.37. The Morgan fingerprint density at radius 3 is 2.80 bits per heavy atom. The predicted octanol–water partition coefficient (Wildman–Crippen LogP) is 1.39. The second-order valence-corrected chi connectivity index (χ2v) is 1.48. The van der Waals surface area contributed by atoms with Crippen LogP contribution in [-0.2, 0) is 0 Å². The van der Waals surface area contributed by atoms with E-state index in [4.69, 9.17) is 6.42 Å². The molecule has 0 unspecified atom stereocenters. The van der Waals surface area contributed by atoms with E-state index in [0.29, 0.717) is 0 Å². The van der Waals surface area contributed by atoms with Gasteiger partial charge in [-0.3, -0.25) is 0 Å². The van der Waals surface area contributed by atoms with Crippen molar-refractivity contribution in [1.29, 1.82) is 0 Å². The van der Waals surface area contributed by atoms with Crippen LogP contribution >= 0.6 is 0 Å². The van der Waals surface area contributed by atoms with E-state index in [2.05, 4.69) is 15.9 Å². The summed E-state index contributed by atoms with van der Waals surface area (Å²) < 4.78 is 27.7. The van der Waals surface area contributed by atoms with Crippen molar-refractivity contribution in [2.75, 3.05) is 0 Å². The van der Waals surface area contributed by atoms with Crippen LogP contribution in [0.25, 0.3) is 0 Å². The van der Waals surface area contributed by atoms with Crippen LogP contribution in [0.5, 0.6) is 0 Å². The van der Waals surface area contributed by atoms with E-state index in [1.165, 1.54) is 0 Å². The van der Waals surface area contributed by atoms with Gasteiger partial charge in [-0.05, 0) is 0 Å². The Kier molecular flexibility index (Phi) is 1.67. The fourth-order valence-corrected chi connectivity index (χ4v) is 0.471. The Morgan fingerprint density at radius 2 is 2.40 bits per heavy atom. The standard InChI is InChI=1S/C6H2F2NO/c1-2-4-3-9-10-5(4)6(7)8/h1,6H. The lowest BCUT2D eigenvalue weighted by molar-refractivity contribution is 0.112. The van der Waals surface area contributed by atoms with Crippen molar-refractivity contribution in [2.45, 2.75) is 6.43 Å². The highest BCUT2D eigenvalue weighted by Gasteiger charge is 2.16. The molecular formula is C6H2F2NO. The van der Waals surface area contributed by atoms with Crippen molar-refractivity contribution in [3.8, 4) is 12.3 Å². The third-order valence-corrected chi connectivity index (χ3v) is 0.890. The number of hydrogen-bond donors (Lipinski definition) is 0. The van der Waals surface area contributed by atoms with Gasteiger partial charge in [-0.25, -0.2) is 8.78 Å². The first kappa shape index (κ1) is 6.75. The van der Waals surface area contributed by atoms with Gasteiger partial charge in [0, 0.05) is 0 Å². The fraction of sp³-hybridized carbons (Fsp3) is 0.167. The zero-order valence-electron chi connectivity index (χ0n) is 4.77. The molecule has 2 nitrogen and oxygen atoms in total. The van der Waals surface area contributed by atoms with Crippen molar-refractivity contribution >= 4 is 0 Å². The van der Waals surface area contributed by atoms with Gasteiger partial charge in [0.2, 0.25) is 5.76 Å². The highest BCUT2D eigenvalue weighted by molar-refractivity contribution is 5.31. The molecule has 0 aliphatic carbocycles. The van der Waals surface area contributed by atoms with E-state index in [0.717, 1.165) is 0 Å². The zero-order chi connectivity index (χ0) is 7.56. The largest absolute Gasteiger partial charge is 0.353 e. The molecule has 1 radical (unpaired) electrons. The molecule has 1 rings (SSSR count). The Bertz CT molecular complexity index is 261. The van der Waals surface area contributed by atoms with Crippen LogP contribution in [0.2, 0.25) is 0 Å². The van der Waals surface area contributed by atoms with Crippen LogP contribution in [0.15, 0.2) is 4.52 Å². The molecule has 1 aromatic rings. The molecule has 10 heavy (non-hydrogen) atoms. The predicted molar refractivity (Wildman–Crippen MR) is 28.2 cm³/mol. The average molecular weight is 142 g/mol. The van der Waals surface area contributed by atoms with E-state index in [-0.39, 0.29) is 5.56 Å². The maximum absolute atomic E-state index is 11.8. The zero-order valence-corrected chi connectivity index (χ0v) is 4.77. The molecule has 0 bridgehead atoms. The average Bonchev–Trinajstić information content (AvgIpc) is 2.33. The summed E-state index contributed by atoms with van der Waals surface area (Å²) in [5.41, 5.74) is -0.116. The fourth-order valence-electron chi connectivity index (χ4n) is 0.471. The number of nitrogens with zero attached hydrogens (tertiary/aromatic N) is 1. The van der Waals surface area contributed by atoms with Gasteiger partial charge in [0.25, 0.3) is 6.43 Å². The maximum atomic E-state index is 11.8. The molecule has 0 spiro atoms. The highest BCUT2D eigenvalue weighted by atomic mass is 19.3. The highest BCUT2D eigenvalue weighted by Crippen LogP contribution is 2.20. The monoisotopic (exact) mass is 142 g/mol. The van der Waals surface area contributed by atoms with E-state index in [1.54, 1.807) is 0 Å². The quantitative estimate of drug-likeness (QED) is 0.554. The normalized spacial score (nSPS) is 9.80. The molecule has 0 aromatic carbocycles. The van der Waals surface area contributed by atoms with Crippen molar-refractivity contribution < 1.29 is 13.3 Å². The first-order chi connectivity index (χ1) is 4.75. The van der Waals surface area contributed by atoms with Gasteiger partial charge in [-0.15, -0.1) is 6.42 Å². The van der Waals surface area contributed by atoms with Gasteiger partial charge in [-0.1, -0.05) is 11.1 Å². The Balaban J connectivity index is 3.05. The lowest BCUT2D eigenvalue weighted by atomic mass is 10.3. The SMILES string of the molecule is C#Cc1[c]noc1C(F)F. The molecule has 1 aromatic heterocycles. The van der Waals surface area contributed by atoms with Crippen LogP contribution in [0, 0.1) is 18.5 Å².